The topological polar surface area (TPSA) is 106 Å². The van der Waals surface area contributed by atoms with Gasteiger partial charge in [0.2, 0.25) is 11.7 Å². The number of rotatable bonds is 3. The van der Waals surface area contributed by atoms with Crippen molar-refractivity contribution in [2.45, 2.75) is 19.4 Å². The van der Waals surface area contributed by atoms with Gasteiger partial charge in [-0.3, -0.25) is 9.48 Å². The average molecular weight is 446 g/mol. The highest BCUT2D eigenvalue weighted by atomic mass is 19.1. The molecule has 0 aliphatic carbocycles. The molecule has 4 aromatic heterocycles. The largest absolute Gasteiger partial charge is 0.458 e. The van der Waals surface area contributed by atoms with E-state index in [1.54, 1.807) is 60.3 Å². The minimum absolute atomic E-state index is 0.127. The number of H-pyrrole nitrogens is 1. The van der Waals surface area contributed by atoms with Crippen LogP contribution in [0.5, 0.6) is 0 Å². The van der Waals surface area contributed by atoms with Crippen LogP contribution in [0, 0.1) is 12.7 Å². The van der Waals surface area contributed by atoms with E-state index in [0.717, 1.165) is 5.69 Å². The van der Waals surface area contributed by atoms with Crippen molar-refractivity contribution in [2.24, 2.45) is 7.05 Å². The van der Waals surface area contributed by atoms with Crippen molar-refractivity contribution < 1.29 is 18.0 Å². The highest BCUT2D eigenvalue weighted by Crippen LogP contribution is 2.38. The zero-order valence-corrected chi connectivity index (χ0v) is 17.9. The molecule has 0 unspecified atom stereocenters. The number of benzene rings is 1. The molecule has 6 rings (SSSR count). The van der Waals surface area contributed by atoms with Gasteiger partial charge in [-0.2, -0.15) is 5.10 Å². The van der Waals surface area contributed by atoms with Gasteiger partial charge in [0.05, 0.1) is 23.1 Å². The maximum atomic E-state index is 14.3. The smallest absolute Gasteiger partial charge is 0.292 e. The first-order chi connectivity index (χ1) is 16.0. The zero-order valence-electron chi connectivity index (χ0n) is 17.9. The number of nitrogens with zero attached hydrogens (tertiary/aromatic N) is 5. The van der Waals surface area contributed by atoms with Gasteiger partial charge in [0.1, 0.15) is 28.9 Å². The quantitative estimate of drug-likeness (QED) is 0.452. The minimum atomic E-state index is -0.637. The second-order valence-corrected chi connectivity index (χ2v) is 8.03. The lowest BCUT2D eigenvalue weighted by Gasteiger charge is -2.33. The van der Waals surface area contributed by atoms with Crippen molar-refractivity contribution in [3.63, 3.8) is 0 Å². The summed E-state index contributed by atoms with van der Waals surface area (Å²) in [5, 5.41) is 4.65. The maximum absolute atomic E-state index is 14.3. The molecule has 0 spiro atoms. The number of fused-ring (bicyclic) bond motifs is 2. The molecule has 10 heteroatoms. The fourth-order valence-corrected chi connectivity index (χ4v) is 4.33. The minimum Gasteiger partial charge on any atom is -0.458 e. The lowest BCUT2D eigenvalue weighted by Crippen LogP contribution is -2.40. The maximum Gasteiger partial charge on any atom is 0.292 e. The summed E-state index contributed by atoms with van der Waals surface area (Å²) in [5.74, 6) is 0.100. The van der Waals surface area contributed by atoms with E-state index in [1.165, 1.54) is 6.07 Å². The second-order valence-electron chi connectivity index (χ2n) is 8.03. The molecule has 33 heavy (non-hydrogen) atoms. The van der Waals surface area contributed by atoms with Crippen LogP contribution in [-0.4, -0.2) is 42.1 Å². The van der Waals surface area contributed by atoms with E-state index in [-0.39, 0.29) is 23.4 Å². The standard InChI is InChI=1S/C23H19FN6O3/c1-12-21(33-22(27-12)16-6-8-29(2)28-16)23(31)30-9-7-15-19(26-11-25-15)20(30)18-10-13-14(24)4-3-5-17(13)32-18/h3-6,8,10-11,20H,7,9H2,1-2H3,(H,25,26)/t20-/m1/s1. The number of halogens is 1. The molecular weight excluding hydrogens is 427 g/mol. The van der Waals surface area contributed by atoms with Gasteiger partial charge in [-0.1, -0.05) is 6.07 Å². The van der Waals surface area contributed by atoms with Gasteiger partial charge in [-0.05, 0) is 31.2 Å². The summed E-state index contributed by atoms with van der Waals surface area (Å²) in [6, 6.07) is 7.42. The van der Waals surface area contributed by atoms with Crippen molar-refractivity contribution in [3.05, 3.63) is 77.3 Å². The Labute approximate surface area is 186 Å². The lowest BCUT2D eigenvalue weighted by molar-refractivity contribution is 0.0640. The Bertz CT molecular complexity index is 1510. The Balaban J connectivity index is 1.43. The number of imidazole rings is 1. The van der Waals surface area contributed by atoms with Crippen molar-refractivity contribution in [1.82, 2.24) is 29.6 Å². The SMILES string of the molecule is Cc1nc(-c2ccn(C)n2)oc1C(=O)N1CCc2[nH]cnc2[C@H]1c1cc2c(F)cccc2o1. The summed E-state index contributed by atoms with van der Waals surface area (Å²) in [7, 11) is 1.79. The van der Waals surface area contributed by atoms with E-state index >= 15 is 0 Å². The van der Waals surface area contributed by atoms with Crippen molar-refractivity contribution in [2.75, 3.05) is 6.54 Å². The monoisotopic (exact) mass is 446 g/mol. The highest BCUT2D eigenvalue weighted by molar-refractivity contribution is 5.93. The number of hydrogen-bond donors (Lipinski definition) is 1. The molecule has 0 radical (unpaired) electrons. The summed E-state index contributed by atoms with van der Waals surface area (Å²) >= 11 is 0. The molecule has 9 nitrogen and oxygen atoms in total. The summed E-state index contributed by atoms with van der Waals surface area (Å²) in [6.45, 7) is 2.12. The van der Waals surface area contributed by atoms with Crippen LogP contribution in [-0.2, 0) is 13.5 Å². The molecule has 0 saturated carbocycles. The summed E-state index contributed by atoms with van der Waals surface area (Å²) in [5.41, 5.74) is 2.98. The van der Waals surface area contributed by atoms with Gasteiger partial charge in [-0.25, -0.2) is 14.4 Å². The van der Waals surface area contributed by atoms with Crippen LogP contribution < -0.4 is 0 Å². The summed E-state index contributed by atoms with van der Waals surface area (Å²) in [4.78, 5) is 27.3. The van der Waals surface area contributed by atoms with Crippen LogP contribution in [0.2, 0.25) is 0 Å². The third kappa shape index (κ3) is 3.05. The van der Waals surface area contributed by atoms with Crippen LogP contribution >= 0.6 is 0 Å². The molecule has 0 bridgehead atoms. The predicted octanol–water partition coefficient (Wildman–Crippen LogP) is 3.78. The lowest BCUT2D eigenvalue weighted by atomic mass is 9.99. The van der Waals surface area contributed by atoms with Crippen LogP contribution in [0.15, 0.2) is 51.7 Å². The van der Waals surface area contributed by atoms with E-state index in [9.17, 15) is 9.18 Å². The molecule has 5 heterocycles. The molecule has 0 fully saturated rings. The second kappa shape index (κ2) is 7.16. The molecule has 1 amide bonds. The third-order valence-corrected chi connectivity index (χ3v) is 5.91. The first-order valence-electron chi connectivity index (χ1n) is 10.5. The number of carbonyl (C=O) groups is 1. The molecule has 1 atom stereocenters. The zero-order chi connectivity index (χ0) is 22.7. The number of furan rings is 1. The van der Waals surface area contributed by atoms with Gasteiger partial charge in [0.15, 0.2) is 0 Å². The first-order valence-corrected chi connectivity index (χ1v) is 10.5. The van der Waals surface area contributed by atoms with E-state index in [1.807, 2.05) is 0 Å². The van der Waals surface area contributed by atoms with Gasteiger partial charge < -0.3 is 18.7 Å². The number of aryl methyl sites for hydroxylation is 2. The number of carbonyl (C=O) groups excluding carboxylic acids is 1. The number of hydrogen-bond acceptors (Lipinski definition) is 6. The van der Waals surface area contributed by atoms with Gasteiger partial charge in [0, 0.05) is 31.9 Å². The summed E-state index contributed by atoms with van der Waals surface area (Å²) < 4.78 is 27.8. The molecule has 0 saturated heterocycles. The Morgan fingerprint density at radius 1 is 1.27 bits per heavy atom. The molecular formula is C23H19FN6O3. The number of amides is 1. The van der Waals surface area contributed by atoms with Crippen LogP contribution in [0.1, 0.15) is 39.4 Å². The normalized spacial score (nSPS) is 15.8. The van der Waals surface area contributed by atoms with Crippen LogP contribution in [0.4, 0.5) is 4.39 Å². The van der Waals surface area contributed by atoms with Crippen LogP contribution in [0.3, 0.4) is 0 Å². The Hall–Kier alpha value is -4.21. The number of oxazole rings is 1. The van der Waals surface area contributed by atoms with E-state index in [2.05, 4.69) is 20.1 Å². The number of aromatic nitrogens is 5. The Morgan fingerprint density at radius 2 is 2.15 bits per heavy atom. The fourth-order valence-electron chi connectivity index (χ4n) is 4.33. The number of nitrogens with one attached hydrogen (secondary N) is 1. The van der Waals surface area contributed by atoms with Crippen molar-refractivity contribution >= 4 is 16.9 Å². The molecule has 1 aromatic carbocycles. The summed E-state index contributed by atoms with van der Waals surface area (Å²) in [6.07, 6.45) is 3.96. The van der Waals surface area contributed by atoms with Crippen molar-refractivity contribution in [1.29, 1.82) is 0 Å². The first kappa shape index (κ1) is 19.5. The fraction of sp³-hybridized carbons (Fsp3) is 0.217. The Kier molecular flexibility index (Phi) is 4.22. The molecule has 1 aliphatic rings. The van der Waals surface area contributed by atoms with E-state index < -0.39 is 6.04 Å². The highest BCUT2D eigenvalue weighted by Gasteiger charge is 2.39. The van der Waals surface area contributed by atoms with Gasteiger partial charge >= 0.3 is 0 Å². The third-order valence-electron chi connectivity index (χ3n) is 5.91. The number of aromatic amines is 1. The average Bonchev–Trinajstić information content (AvgIpc) is 3.58. The molecule has 1 aliphatic heterocycles. The molecule has 1 N–H and O–H groups in total. The van der Waals surface area contributed by atoms with Crippen LogP contribution in [0.25, 0.3) is 22.6 Å². The Morgan fingerprint density at radius 3 is 2.94 bits per heavy atom. The molecule has 5 aromatic rings. The van der Waals surface area contributed by atoms with E-state index in [4.69, 9.17) is 8.83 Å². The van der Waals surface area contributed by atoms with Crippen molar-refractivity contribution in [3.8, 4) is 11.6 Å². The van der Waals surface area contributed by atoms with Gasteiger partial charge in [0.25, 0.3) is 5.91 Å². The predicted molar refractivity (Wildman–Crippen MR) is 115 cm³/mol. The molecule has 166 valence electrons. The van der Waals surface area contributed by atoms with E-state index in [0.29, 0.717) is 46.8 Å². The van der Waals surface area contributed by atoms with Gasteiger partial charge in [-0.15, -0.1) is 0 Å².